The Bertz CT molecular complexity index is 493. The van der Waals surface area contributed by atoms with E-state index in [0.29, 0.717) is 0 Å². The quantitative estimate of drug-likeness (QED) is 0.838. The maximum absolute atomic E-state index is 13.1. The highest BCUT2D eigenvalue weighted by molar-refractivity contribution is 7.90. The number of carbonyl (C=O) groups is 1. The molecule has 0 saturated carbocycles. The van der Waals surface area contributed by atoms with Gasteiger partial charge in [0, 0.05) is 6.26 Å². The van der Waals surface area contributed by atoms with Crippen molar-refractivity contribution in [3.63, 3.8) is 0 Å². The van der Waals surface area contributed by atoms with E-state index in [9.17, 15) is 17.6 Å². The van der Waals surface area contributed by atoms with E-state index in [1.165, 1.54) is 6.07 Å². The number of carboxylic acids is 1. The van der Waals surface area contributed by atoms with Gasteiger partial charge in [0.25, 0.3) is 0 Å². The molecule has 0 bridgehead atoms. The largest absolute Gasteiger partial charge is 0.481 e. The van der Waals surface area contributed by atoms with Crippen molar-refractivity contribution in [3.8, 4) is 0 Å². The first-order valence-electron chi connectivity index (χ1n) is 4.01. The van der Waals surface area contributed by atoms with Crippen LogP contribution in [0.2, 0.25) is 0 Å². The van der Waals surface area contributed by atoms with E-state index in [2.05, 4.69) is 0 Å². The molecular weight excluding hydrogens is 223 g/mol. The molecule has 82 valence electrons. The number of rotatable bonds is 3. The molecule has 0 saturated heterocycles. The predicted octanol–water partition coefficient (Wildman–Crippen LogP) is 0.856. The highest BCUT2D eigenvalue weighted by atomic mass is 32.2. The van der Waals surface area contributed by atoms with E-state index in [1.807, 2.05) is 0 Å². The first kappa shape index (κ1) is 11.6. The third kappa shape index (κ3) is 3.02. The molecule has 0 aliphatic heterocycles. The van der Waals surface area contributed by atoms with Gasteiger partial charge in [-0.2, -0.15) is 0 Å². The lowest BCUT2D eigenvalue weighted by molar-refractivity contribution is -0.136. The predicted molar refractivity (Wildman–Crippen MR) is 50.8 cm³/mol. The summed E-state index contributed by atoms with van der Waals surface area (Å²) < 4.78 is 35.3. The number of sulfone groups is 1. The molecule has 15 heavy (non-hydrogen) atoms. The molecule has 6 heteroatoms. The third-order valence-electron chi connectivity index (χ3n) is 1.75. The summed E-state index contributed by atoms with van der Waals surface area (Å²) in [6, 6.07) is 3.24. The van der Waals surface area contributed by atoms with Gasteiger partial charge in [-0.05, 0) is 17.7 Å². The summed E-state index contributed by atoms with van der Waals surface area (Å²) in [4.78, 5) is 9.90. The van der Waals surface area contributed by atoms with Crippen LogP contribution in [0, 0.1) is 5.82 Å². The van der Waals surface area contributed by atoms with Crippen molar-refractivity contribution >= 4 is 15.8 Å². The minimum absolute atomic E-state index is 0.254. The SMILES string of the molecule is CS(=O)(=O)c1cc(CC(=O)O)ccc1F. The van der Waals surface area contributed by atoms with Crippen molar-refractivity contribution < 1.29 is 22.7 Å². The Hall–Kier alpha value is -1.43. The molecule has 0 aromatic heterocycles. The Morgan fingerprint density at radius 2 is 2.07 bits per heavy atom. The highest BCUT2D eigenvalue weighted by Crippen LogP contribution is 2.16. The van der Waals surface area contributed by atoms with Gasteiger partial charge < -0.3 is 5.11 Å². The number of hydrogen-bond donors (Lipinski definition) is 1. The van der Waals surface area contributed by atoms with Crippen LogP contribution in [0.5, 0.6) is 0 Å². The molecule has 0 amide bonds. The second-order valence-corrected chi connectivity index (χ2v) is 5.09. The average molecular weight is 232 g/mol. The van der Waals surface area contributed by atoms with E-state index in [1.54, 1.807) is 0 Å². The monoisotopic (exact) mass is 232 g/mol. The van der Waals surface area contributed by atoms with Crippen LogP contribution in [0.1, 0.15) is 5.56 Å². The maximum Gasteiger partial charge on any atom is 0.307 e. The Labute approximate surface area is 86.3 Å². The van der Waals surface area contributed by atoms with Crippen molar-refractivity contribution in [1.29, 1.82) is 0 Å². The Morgan fingerprint density at radius 3 is 2.53 bits per heavy atom. The molecule has 0 heterocycles. The van der Waals surface area contributed by atoms with Crippen LogP contribution in [0.25, 0.3) is 0 Å². The van der Waals surface area contributed by atoms with Crippen molar-refractivity contribution in [2.24, 2.45) is 0 Å². The first-order chi connectivity index (χ1) is 6.80. The summed E-state index contributed by atoms with van der Waals surface area (Å²) in [7, 11) is -3.66. The van der Waals surface area contributed by atoms with Crippen LogP contribution in [-0.2, 0) is 21.1 Å². The minimum Gasteiger partial charge on any atom is -0.481 e. The Morgan fingerprint density at radius 1 is 1.47 bits per heavy atom. The zero-order valence-electron chi connectivity index (χ0n) is 7.90. The molecule has 0 unspecified atom stereocenters. The highest BCUT2D eigenvalue weighted by Gasteiger charge is 2.14. The summed E-state index contributed by atoms with van der Waals surface area (Å²) in [5.41, 5.74) is 0.254. The normalized spacial score (nSPS) is 11.3. The van der Waals surface area contributed by atoms with Gasteiger partial charge in [0.15, 0.2) is 9.84 Å². The molecule has 0 aliphatic rings. The topological polar surface area (TPSA) is 71.4 Å². The average Bonchev–Trinajstić information content (AvgIpc) is 2.05. The van der Waals surface area contributed by atoms with Gasteiger partial charge in [-0.3, -0.25) is 4.79 Å². The molecule has 0 spiro atoms. The van der Waals surface area contributed by atoms with Crippen LogP contribution < -0.4 is 0 Å². The second kappa shape index (κ2) is 3.98. The fourth-order valence-corrected chi connectivity index (χ4v) is 1.90. The Kier molecular flexibility index (Phi) is 3.09. The summed E-state index contributed by atoms with van der Waals surface area (Å²) >= 11 is 0. The van der Waals surface area contributed by atoms with Gasteiger partial charge in [0.1, 0.15) is 10.7 Å². The van der Waals surface area contributed by atoms with Gasteiger partial charge >= 0.3 is 5.97 Å². The molecular formula is C9H9FO4S. The fraction of sp³-hybridized carbons (Fsp3) is 0.222. The number of benzene rings is 1. The lowest BCUT2D eigenvalue weighted by atomic mass is 10.1. The van der Waals surface area contributed by atoms with E-state index in [0.717, 1.165) is 18.4 Å². The molecule has 1 aromatic carbocycles. The number of aliphatic carboxylic acids is 1. The van der Waals surface area contributed by atoms with Gasteiger partial charge in [-0.1, -0.05) is 6.07 Å². The van der Waals surface area contributed by atoms with Crippen LogP contribution in [0.4, 0.5) is 4.39 Å². The molecule has 0 radical (unpaired) electrons. The zero-order valence-corrected chi connectivity index (χ0v) is 8.71. The third-order valence-corrected chi connectivity index (χ3v) is 2.86. The minimum atomic E-state index is -3.66. The summed E-state index contributed by atoms with van der Waals surface area (Å²) in [5.74, 6) is -1.97. The van der Waals surface area contributed by atoms with E-state index in [4.69, 9.17) is 5.11 Å². The molecule has 1 aromatic rings. The summed E-state index contributed by atoms with van der Waals surface area (Å²) in [6.45, 7) is 0. The second-order valence-electron chi connectivity index (χ2n) is 3.11. The first-order valence-corrected chi connectivity index (χ1v) is 5.90. The molecule has 4 nitrogen and oxygen atoms in total. The lowest BCUT2D eigenvalue weighted by Crippen LogP contribution is -2.05. The van der Waals surface area contributed by atoms with Crippen molar-refractivity contribution in [2.45, 2.75) is 11.3 Å². The summed E-state index contributed by atoms with van der Waals surface area (Å²) in [5, 5.41) is 8.49. The van der Waals surface area contributed by atoms with Crippen molar-refractivity contribution in [1.82, 2.24) is 0 Å². The van der Waals surface area contributed by atoms with Gasteiger partial charge in [0.05, 0.1) is 6.42 Å². The number of carboxylic acid groups (broad SMARTS) is 1. The number of halogens is 1. The molecule has 0 aliphatic carbocycles. The molecule has 1 N–H and O–H groups in total. The summed E-state index contributed by atoms with van der Waals surface area (Å²) in [6.07, 6.45) is 0.540. The van der Waals surface area contributed by atoms with Gasteiger partial charge in [0.2, 0.25) is 0 Å². The van der Waals surface area contributed by atoms with Crippen LogP contribution in [0.3, 0.4) is 0 Å². The Balaban J connectivity index is 3.23. The molecule has 1 rings (SSSR count). The molecule has 0 fully saturated rings. The number of hydrogen-bond acceptors (Lipinski definition) is 3. The molecule has 0 atom stereocenters. The van der Waals surface area contributed by atoms with Crippen LogP contribution in [-0.4, -0.2) is 25.7 Å². The van der Waals surface area contributed by atoms with Gasteiger partial charge in [-0.25, -0.2) is 12.8 Å². The standard InChI is InChI=1S/C9H9FO4S/c1-15(13,14)8-4-6(5-9(11)12)2-3-7(8)10/h2-4H,5H2,1H3,(H,11,12). The maximum atomic E-state index is 13.1. The van der Waals surface area contributed by atoms with Crippen LogP contribution in [0.15, 0.2) is 23.1 Å². The zero-order chi connectivity index (χ0) is 11.6. The van der Waals surface area contributed by atoms with Crippen LogP contribution >= 0.6 is 0 Å². The van der Waals surface area contributed by atoms with Crippen molar-refractivity contribution in [3.05, 3.63) is 29.6 Å². The van der Waals surface area contributed by atoms with E-state index in [-0.39, 0.29) is 12.0 Å². The lowest BCUT2D eigenvalue weighted by Gasteiger charge is -2.03. The smallest absolute Gasteiger partial charge is 0.307 e. The van der Waals surface area contributed by atoms with Gasteiger partial charge in [-0.15, -0.1) is 0 Å². The van der Waals surface area contributed by atoms with E-state index >= 15 is 0 Å². The van der Waals surface area contributed by atoms with E-state index < -0.39 is 26.5 Å². The van der Waals surface area contributed by atoms with Crippen molar-refractivity contribution in [2.75, 3.05) is 6.26 Å². The fourth-order valence-electron chi connectivity index (χ4n) is 1.12.